The molecule has 0 radical (unpaired) electrons. The van der Waals surface area contributed by atoms with E-state index in [1.165, 1.54) is 22.3 Å². The van der Waals surface area contributed by atoms with E-state index in [0.717, 1.165) is 78.1 Å². The first-order chi connectivity index (χ1) is 32.4. The maximum Gasteiger partial charge on any atom is 0.162 e. The molecule has 0 fully saturated rings. The minimum Gasteiger partial charge on any atom is -0.308 e. The lowest BCUT2D eigenvalue weighted by atomic mass is 9.93. The van der Waals surface area contributed by atoms with Crippen LogP contribution in [-0.2, 0) is 0 Å². The van der Waals surface area contributed by atoms with E-state index in [-0.39, 0.29) is 0 Å². The molecule has 0 amide bonds. The molecule has 0 aliphatic heterocycles. The van der Waals surface area contributed by atoms with Gasteiger partial charge in [-0.3, -0.25) is 0 Å². The summed E-state index contributed by atoms with van der Waals surface area (Å²) in [7, 11) is 0. The van der Waals surface area contributed by atoms with Crippen LogP contribution in [0.25, 0.3) is 106 Å². The van der Waals surface area contributed by atoms with Crippen molar-refractivity contribution >= 4 is 21.8 Å². The van der Waals surface area contributed by atoms with E-state index in [2.05, 4.69) is 135 Å². The molecule has 0 saturated heterocycles. The van der Waals surface area contributed by atoms with Gasteiger partial charge in [-0.05, 0) is 79.4 Å². The van der Waals surface area contributed by atoms with Crippen LogP contribution >= 0.6 is 0 Å². The lowest BCUT2D eigenvalue weighted by Gasteiger charge is -2.20. The number of hydrogen-bond acceptors (Lipinski definition) is 5. The highest BCUT2D eigenvalue weighted by atomic mass is 15.0. The monoisotopic (exact) mass is 846 g/mol. The molecule has 0 atom stereocenters. The smallest absolute Gasteiger partial charge is 0.162 e. The molecule has 8 aromatic carbocycles. The number of hydrogen-bond donors (Lipinski definition) is 0. The van der Waals surface area contributed by atoms with Gasteiger partial charge in [-0.2, -0.15) is 5.26 Å². The number of aromatic nitrogens is 5. The van der Waals surface area contributed by atoms with E-state index in [1.807, 2.05) is 97.1 Å². The summed E-state index contributed by atoms with van der Waals surface area (Å²) in [5.74, 6) is 0.941. The highest BCUT2D eigenvalue weighted by Crippen LogP contribution is 2.44. The second-order valence-electron chi connectivity index (χ2n) is 16.8. The Labute approximate surface area is 383 Å². The Morgan fingerprint density at radius 2 is 0.803 bits per heavy atom. The number of nitriles is 1. The van der Waals surface area contributed by atoms with Crippen LogP contribution in [0.2, 0.25) is 0 Å². The van der Waals surface area contributed by atoms with E-state index in [4.69, 9.17) is 19.9 Å². The highest BCUT2D eigenvalue weighted by molar-refractivity contribution is 6.11. The first-order valence-corrected chi connectivity index (χ1v) is 22.1. The maximum absolute atomic E-state index is 11.0. The molecule has 6 nitrogen and oxygen atoms in total. The van der Waals surface area contributed by atoms with E-state index < -0.39 is 0 Å². The van der Waals surface area contributed by atoms with Gasteiger partial charge in [-0.1, -0.05) is 169 Å². The number of rotatable bonds is 8. The summed E-state index contributed by atoms with van der Waals surface area (Å²) >= 11 is 0. The third-order valence-electron chi connectivity index (χ3n) is 12.3. The molecule has 0 aliphatic rings. The second kappa shape index (κ2) is 16.7. The van der Waals surface area contributed by atoms with Gasteiger partial charge in [0.25, 0.3) is 0 Å². The summed E-state index contributed by atoms with van der Waals surface area (Å²) in [5.41, 5.74) is 17.4. The molecule has 0 unspecified atom stereocenters. The molecule has 0 spiro atoms. The van der Waals surface area contributed by atoms with Crippen molar-refractivity contribution in [2.24, 2.45) is 0 Å². The third-order valence-corrected chi connectivity index (χ3v) is 12.3. The summed E-state index contributed by atoms with van der Waals surface area (Å²) in [6.45, 7) is 6.53. The lowest BCUT2D eigenvalue weighted by Crippen LogP contribution is -2.06. The maximum atomic E-state index is 11.0. The minimum absolute atomic E-state index is 0.432. The predicted octanol–water partition coefficient (Wildman–Crippen LogP) is 14.8. The Morgan fingerprint density at radius 3 is 1.24 bits per heavy atom. The predicted molar refractivity (Wildman–Crippen MR) is 269 cm³/mol. The van der Waals surface area contributed by atoms with Crippen molar-refractivity contribution in [2.75, 3.05) is 0 Å². The van der Waals surface area contributed by atoms with E-state index in [0.29, 0.717) is 28.3 Å². The van der Waals surface area contributed by atoms with Crippen molar-refractivity contribution < 1.29 is 0 Å². The van der Waals surface area contributed by atoms with Crippen LogP contribution in [0.4, 0.5) is 0 Å². The van der Waals surface area contributed by atoms with Crippen LogP contribution in [0.3, 0.4) is 0 Å². The zero-order valence-electron chi connectivity index (χ0n) is 36.7. The van der Waals surface area contributed by atoms with Crippen molar-refractivity contribution in [3.8, 4) is 90.7 Å². The average Bonchev–Trinajstić information content (AvgIpc) is 3.69. The molecule has 3 aromatic heterocycles. The standard InChI is InChI=1S/C60H42N6/c1-38-30-39(2)57(40(3)31-38)46-28-29-48-47-26-16-17-27-55(47)66(56(48)34-46)58-49(59-62-51(42-18-8-4-9-19-42)35-52(63-59)43-20-10-5-11-21-43)32-41(37-61)33-50(58)60-64-53(44-22-12-6-13-23-44)36-54(65-60)45-24-14-7-15-25-45/h4-36H,1-3H3. The lowest BCUT2D eigenvalue weighted by molar-refractivity contribution is 1.12. The van der Waals surface area contributed by atoms with E-state index in [1.54, 1.807) is 0 Å². The number of para-hydroxylation sites is 1. The molecular weight excluding hydrogens is 805 g/mol. The Morgan fingerprint density at radius 1 is 0.394 bits per heavy atom. The van der Waals surface area contributed by atoms with E-state index >= 15 is 0 Å². The summed E-state index contributed by atoms with van der Waals surface area (Å²) in [5, 5.41) is 13.1. The summed E-state index contributed by atoms with van der Waals surface area (Å²) in [6, 6.07) is 71.0. The molecule has 0 saturated carbocycles. The first-order valence-electron chi connectivity index (χ1n) is 22.1. The van der Waals surface area contributed by atoms with Crippen LogP contribution in [-0.4, -0.2) is 24.5 Å². The zero-order chi connectivity index (χ0) is 44.7. The van der Waals surface area contributed by atoms with Crippen molar-refractivity contribution in [3.63, 3.8) is 0 Å². The average molecular weight is 847 g/mol. The molecule has 0 N–H and O–H groups in total. The van der Waals surface area contributed by atoms with Gasteiger partial charge >= 0.3 is 0 Å². The number of benzene rings is 8. The molecule has 66 heavy (non-hydrogen) atoms. The molecule has 11 rings (SSSR count). The Hall–Kier alpha value is -8.79. The summed E-state index contributed by atoms with van der Waals surface area (Å²) in [4.78, 5) is 21.6. The number of nitrogens with zero attached hydrogens (tertiary/aromatic N) is 6. The fourth-order valence-electron chi connectivity index (χ4n) is 9.45. The fourth-order valence-corrected chi connectivity index (χ4v) is 9.45. The highest BCUT2D eigenvalue weighted by Gasteiger charge is 2.26. The van der Waals surface area contributed by atoms with Gasteiger partial charge < -0.3 is 4.57 Å². The SMILES string of the molecule is Cc1cc(C)c(-c2ccc3c4ccccc4n(-c4c(-c5nc(-c6ccccc6)cc(-c6ccccc6)n5)cc(C#N)cc4-c4nc(-c5ccccc5)cc(-c5ccccc5)n4)c3c2)c(C)c1. The Bertz CT molecular complexity index is 3380. The molecule has 6 heteroatoms. The van der Waals surface area contributed by atoms with Crippen molar-refractivity contribution in [3.05, 3.63) is 222 Å². The topological polar surface area (TPSA) is 80.3 Å². The molecule has 3 heterocycles. The molecule has 0 bridgehead atoms. The number of fused-ring (bicyclic) bond motifs is 3. The van der Waals surface area contributed by atoms with Gasteiger partial charge in [-0.25, -0.2) is 19.9 Å². The summed E-state index contributed by atoms with van der Waals surface area (Å²) < 4.78 is 2.32. The van der Waals surface area contributed by atoms with Gasteiger partial charge in [0, 0.05) is 44.2 Å². The molecule has 11 aromatic rings. The van der Waals surface area contributed by atoms with Crippen LogP contribution < -0.4 is 0 Å². The number of aryl methyl sites for hydroxylation is 3. The quantitative estimate of drug-likeness (QED) is 0.152. The van der Waals surface area contributed by atoms with Crippen molar-refractivity contribution in [2.45, 2.75) is 20.8 Å². The fraction of sp³-hybridized carbons (Fsp3) is 0.0500. The van der Waals surface area contributed by atoms with Gasteiger partial charge in [0.05, 0.1) is 51.1 Å². The van der Waals surface area contributed by atoms with Crippen LogP contribution in [0.5, 0.6) is 0 Å². The van der Waals surface area contributed by atoms with Gasteiger partial charge in [0.15, 0.2) is 11.6 Å². The minimum atomic E-state index is 0.432. The van der Waals surface area contributed by atoms with Gasteiger partial charge in [0.2, 0.25) is 0 Å². The Balaban J connectivity index is 1.30. The van der Waals surface area contributed by atoms with Gasteiger partial charge in [0.1, 0.15) is 0 Å². The van der Waals surface area contributed by atoms with Crippen molar-refractivity contribution in [1.29, 1.82) is 5.26 Å². The van der Waals surface area contributed by atoms with Crippen LogP contribution in [0.1, 0.15) is 22.3 Å². The zero-order valence-corrected chi connectivity index (χ0v) is 36.7. The normalized spacial score (nSPS) is 11.2. The largest absolute Gasteiger partial charge is 0.308 e. The van der Waals surface area contributed by atoms with E-state index in [9.17, 15) is 5.26 Å². The third kappa shape index (κ3) is 7.29. The van der Waals surface area contributed by atoms with Gasteiger partial charge in [-0.15, -0.1) is 0 Å². The molecule has 312 valence electrons. The second-order valence-corrected chi connectivity index (χ2v) is 16.8. The van der Waals surface area contributed by atoms with Crippen LogP contribution in [0, 0.1) is 32.1 Å². The molecular formula is C60H42N6. The first kappa shape index (κ1) is 40.0. The molecule has 0 aliphatic carbocycles. The van der Waals surface area contributed by atoms with Crippen molar-refractivity contribution in [1.82, 2.24) is 24.5 Å². The Kier molecular flexibility index (Phi) is 10.1. The summed E-state index contributed by atoms with van der Waals surface area (Å²) in [6.07, 6.45) is 0. The van der Waals surface area contributed by atoms with Crippen LogP contribution in [0.15, 0.2) is 200 Å².